The summed E-state index contributed by atoms with van der Waals surface area (Å²) in [5.41, 5.74) is 3.80. The Hall–Kier alpha value is -1.47. The Kier molecular flexibility index (Phi) is 3.18. The minimum Gasteiger partial charge on any atom is -0.391 e. The highest BCUT2D eigenvalue weighted by molar-refractivity contribution is 6.05. The number of β-lactam (4-membered cyclic amide) rings is 1. The normalized spacial score (nSPS) is 39.5. The second-order valence-corrected chi connectivity index (χ2v) is 6.16. The quantitative estimate of drug-likeness (QED) is 0.539. The molecule has 4 N–H and O–H groups in total. The van der Waals surface area contributed by atoms with Gasteiger partial charge < -0.3 is 21.1 Å². The molecule has 0 aromatic carbocycles. The van der Waals surface area contributed by atoms with Crippen molar-refractivity contribution in [3.63, 3.8) is 0 Å². The van der Waals surface area contributed by atoms with Crippen LogP contribution in [0.3, 0.4) is 0 Å². The third-order valence-corrected chi connectivity index (χ3v) is 4.74. The first kappa shape index (κ1) is 14.9. The summed E-state index contributed by atoms with van der Waals surface area (Å²) in [4.78, 5) is 37.2. The maximum atomic E-state index is 12.5. The Morgan fingerprint density at radius 2 is 2.10 bits per heavy atom. The molecule has 5 atom stereocenters. The van der Waals surface area contributed by atoms with Crippen LogP contribution in [0.1, 0.15) is 27.7 Å². The summed E-state index contributed by atoms with van der Waals surface area (Å²) in [6, 6.07) is -0.873. The highest BCUT2D eigenvalue weighted by Crippen LogP contribution is 2.42. The third kappa shape index (κ3) is 1.69. The molecule has 0 aromatic heterocycles. The average Bonchev–Trinajstić information content (AvgIpc) is 2.50. The molecule has 0 aromatic rings. The molecule has 2 aliphatic heterocycles. The maximum Gasteiger partial charge on any atom is 0.251 e. The second kappa shape index (κ2) is 4.26. The van der Waals surface area contributed by atoms with E-state index < -0.39 is 23.2 Å². The Morgan fingerprint density at radius 3 is 2.40 bits per heavy atom. The van der Waals surface area contributed by atoms with Gasteiger partial charge in [-0.15, -0.1) is 0 Å². The Bertz CT molecular complexity index is 488. The van der Waals surface area contributed by atoms with E-state index in [4.69, 9.17) is 5.73 Å². The summed E-state index contributed by atoms with van der Waals surface area (Å²) in [5, 5.41) is 12.3. The van der Waals surface area contributed by atoms with Crippen LogP contribution in [-0.2, 0) is 14.4 Å². The van der Waals surface area contributed by atoms with Crippen LogP contribution < -0.4 is 11.1 Å². The zero-order valence-electron chi connectivity index (χ0n) is 12.1. The van der Waals surface area contributed by atoms with Gasteiger partial charge in [0, 0.05) is 5.92 Å². The van der Waals surface area contributed by atoms with Crippen LogP contribution in [0.4, 0.5) is 0 Å². The fourth-order valence-corrected chi connectivity index (χ4v) is 3.19. The summed E-state index contributed by atoms with van der Waals surface area (Å²) in [5.74, 6) is -1.38. The summed E-state index contributed by atoms with van der Waals surface area (Å²) < 4.78 is 0. The van der Waals surface area contributed by atoms with Gasteiger partial charge >= 0.3 is 0 Å². The van der Waals surface area contributed by atoms with E-state index in [-0.39, 0.29) is 30.1 Å². The number of nitrogens with zero attached hydrogens (tertiary/aromatic N) is 1. The summed E-state index contributed by atoms with van der Waals surface area (Å²) in [6.45, 7) is 6.33. The van der Waals surface area contributed by atoms with Gasteiger partial charge in [0.1, 0.15) is 11.6 Å². The lowest BCUT2D eigenvalue weighted by Gasteiger charge is -2.52. The van der Waals surface area contributed by atoms with Crippen LogP contribution >= 0.6 is 0 Å². The van der Waals surface area contributed by atoms with Crippen LogP contribution in [0.5, 0.6) is 0 Å². The Labute approximate surface area is 117 Å². The Morgan fingerprint density at radius 1 is 1.55 bits per heavy atom. The van der Waals surface area contributed by atoms with Crippen molar-refractivity contribution >= 4 is 17.6 Å². The highest BCUT2D eigenvalue weighted by atomic mass is 16.3. The number of aliphatic hydroxyl groups is 1. The number of hydrogen-bond donors (Lipinski definition) is 3. The largest absolute Gasteiger partial charge is 0.391 e. The molecule has 2 fully saturated rings. The maximum absolute atomic E-state index is 12.5. The van der Waals surface area contributed by atoms with E-state index in [2.05, 4.69) is 5.32 Å². The molecule has 1 spiro atoms. The number of amides is 2. The number of Topliss-reactive ketones (excluding diaryl/α,β-unsaturated/α-hetero) is 1. The van der Waals surface area contributed by atoms with E-state index >= 15 is 0 Å². The van der Waals surface area contributed by atoms with Crippen molar-refractivity contribution < 1.29 is 19.5 Å². The number of hydrogen-bond acceptors (Lipinski definition) is 5. The van der Waals surface area contributed by atoms with E-state index in [1.54, 1.807) is 13.8 Å². The van der Waals surface area contributed by atoms with E-state index in [0.29, 0.717) is 0 Å². The monoisotopic (exact) mass is 283 g/mol. The molecular weight excluding hydrogens is 262 g/mol. The van der Waals surface area contributed by atoms with Gasteiger partial charge in [0.05, 0.1) is 18.2 Å². The van der Waals surface area contributed by atoms with E-state index in [1.165, 1.54) is 18.7 Å². The first-order valence-electron chi connectivity index (χ1n) is 6.66. The van der Waals surface area contributed by atoms with Gasteiger partial charge in [-0.1, -0.05) is 6.92 Å². The third-order valence-electron chi connectivity index (χ3n) is 4.74. The molecule has 2 aliphatic rings. The fraction of sp³-hybridized carbons (Fsp3) is 0.769. The molecule has 0 bridgehead atoms. The van der Waals surface area contributed by atoms with Gasteiger partial charge in [0.25, 0.3) is 5.91 Å². The minimum absolute atomic E-state index is 0.195. The van der Waals surface area contributed by atoms with Gasteiger partial charge in [-0.2, -0.15) is 0 Å². The standard InChI is InChI=1S/C13H21N3O4/c1-6(17)9(7(2)18)16-5-13(11(16)20)8(3)12(4,14)10(19)15-13/h6,8-9,17H,5,14H2,1-4H3,(H,15,19)/t6-,8?,9+,12?,13?/m1/s1. The number of aliphatic hydroxyl groups excluding tert-OH is 1. The zero-order valence-corrected chi connectivity index (χ0v) is 12.1. The summed E-state index contributed by atoms with van der Waals surface area (Å²) in [7, 11) is 0. The van der Waals surface area contributed by atoms with E-state index in [9.17, 15) is 19.5 Å². The molecule has 112 valence electrons. The molecule has 0 saturated carbocycles. The van der Waals surface area contributed by atoms with Crippen LogP contribution in [0, 0.1) is 5.92 Å². The van der Waals surface area contributed by atoms with E-state index in [1.807, 2.05) is 0 Å². The van der Waals surface area contributed by atoms with Crippen molar-refractivity contribution in [2.24, 2.45) is 11.7 Å². The molecule has 2 amide bonds. The van der Waals surface area contributed by atoms with Gasteiger partial charge in [-0.3, -0.25) is 14.4 Å². The summed E-state index contributed by atoms with van der Waals surface area (Å²) >= 11 is 0. The fourth-order valence-electron chi connectivity index (χ4n) is 3.19. The van der Waals surface area contributed by atoms with Gasteiger partial charge in [0.2, 0.25) is 5.91 Å². The Balaban J connectivity index is 2.25. The summed E-state index contributed by atoms with van der Waals surface area (Å²) in [6.07, 6.45) is -0.953. The smallest absolute Gasteiger partial charge is 0.251 e. The molecule has 7 nitrogen and oxygen atoms in total. The molecule has 3 unspecified atom stereocenters. The molecular formula is C13H21N3O4. The number of likely N-dealkylation sites (tertiary alicyclic amines) is 1. The van der Waals surface area contributed by atoms with Crippen molar-refractivity contribution in [1.29, 1.82) is 0 Å². The van der Waals surface area contributed by atoms with Crippen LogP contribution in [0.25, 0.3) is 0 Å². The van der Waals surface area contributed by atoms with E-state index in [0.717, 1.165) is 0 Å². The van der Waals surface area contributed by atoms with Crippen LogP contribution in [0.2, 0.25) is 0 Å². The molecule has 2 rings (SSSR count). The SMILES string of the molecule is CC(=O)[C@H]([C@@H](C)O)N1CC2(NC(=O)C(C)(N)C2C)C1=O. The highest BCUT2D eigenvalue weighted by Gasteiger charge is 2.68. The lowest BCUT2D eigenvalue weighted by atomic mass is 9.72. The van der Waals surface area contributed by atoms with Crippen LogP contribution in [0.15, 0.2) is 0 Å². The lowest BCUT2D eigenvalue weighted by Crippen LogP contribution is -2.77. The van der Waals surface area contributed by atoms with Crippen molar-refractivity contribution in [3.05, 3.63) is 0 Å². The predicted octanol–water partition coefficient (Wildman–Crippen LogP) is -1.61. The number of ketones is 1. The number of nitrogens with one attached hydrogen (secondary N) is 1. The average molecular weight is 283 g/mol. The number of rotatable bonds is 3. The molecule has 0 aliphatic carbocycles. The van der Waals surface area contributed by atoms with Gasteiger partial charge in [-0.25, -0.2) is 0 Å². The molecule has 0 radical (unpaired) electrons. The van der Waals surface area contributed by atoms with Gasteiger partial charge in [-0.05, 0) is 20.8 Å². The molecule has 2 heterocycles. The minimum atomic E-state index is -1.11. The second-order valence-electron chi connectivity index (χ2n) is 6.16. The van der Waals surface area contributed by atoms with Crippen molar-refractivity contribution in [2.75, 3.05) is 6.54 Å². The predicted molar refractivity (Wildman–Crippen MR) is 70.5 cm³/mol. The van der Waals surface area contributed by atoms with Crippen molar-refractivity contribution in [2.45, 2.75) is 50.9 Å². The number of carbonyl (C=O) groups is 3. The zero-order chi connectivity index (χ0) is 15.5. The first-order chi connectivity index (χ1) is 9.05. The molecule has 7 heteroatoms. The lowest BCUT2D eigenvalue weighted by molar-refractivity contribution is -0.166. The van der Waals surface area contributed by atoms with Crippen molar-refractivity contribution in [1.82, 2.24) is 10.2 Å². The topological polar surface area (TPSA) is 113 Å². The molecule has 2 saturated heterocycles. The van der Waals surface area contributed by atoms with Crippen molar-refractivity contribution in [3.8, 4) is 0 Å². The first-order valence-corrected chi connectivity index (χ1v) is 6.66. The number of nitrogens with two attached hydrogens (primary N) is 1. The molecule has 20 heavy (non-hydrogen) atoms. The van der Waals surface area contributed by atoms with Gasteiger partial charge in [0.15, 0.2) is 5.78 Å². The van der Waals surface area contributed by atoms with Crippen LogP contribution in [-0.4, -0.2) is 57.4 Å². The number of carbonyl (C=O) groups excluding carboxylic acids is 3.